The smallest absolute Gasteiger partial charge is 0.318 e. The number of ether oxygens (including phenoxy) is 1. The van der Waals surface area contributed by atoms with E-state index in [9.17, 15) is 9.59 Å². The van der Waals surface area contributed by atoms with E-state index in [0.717, 1.165) is 42.3 Å². The van der Waals surface area contributed by atoms with Crippen LogP contribution in [0.3, 0.4) is 0 Å². The highest BCUT2D eigenvalue weighted by Crippen LogP contribution is 2.25. The summed E-state index contributed by atoms with van der Waals surface area (Å²) in [6, 6.07) is 6.10. The maximum Gasteiger partial charge on any atom is 0.318 e. The van der Waals surface area contributed by atoms with Crippen molar-refractivity contribution in [1.82, 2.24) is 20.4 Å². The molecule has 2 heterocycles. The second-order valence-electron chi connectivity index (χ2n) is 9.33. The number of nitrogens with one attached hydrogen (secondary N) is 2. The third kappa shape index (κ3) is 7.40. The summed E-state index contributed by atoms with van der Waals surface area (Å²) in [6.45, 7) is 12.0. The van der Waals surface area contributed by atoms with Gasteiger partial charge >= 0.3 is 6.03 Å². The number of likely N-dealkylation sites (tertiary alicyclic amines) is 1. The molecule has 0 spiro atoms. The molecule has 0 aliphatic carbocycles. The quantitative estimate of drug-likeness (QED) is 0.646. The van der Waals surface area contributed by atoms with Gasteiger partial charge in [0.05, 0.1) is 13.1 Å². The van der Waals surface area contributed by atoms with Gasteiger partial charge in [0, 0.05) is 24.6 Å². The van der Waals surface area contributed by atoms with Gasteiger partial charge in [0.2, 0.25) is 5.91 Å². The largest absolute Gasteiger partial charge is 0.491 e. The van der Waals surface area contributed by atoms with Crippen molar-refractivity contribution in [3.63, 3.8) is 0 Å². The van der Waals surface area contributed by atoms with Crippen LogP contribution in [0.25, 0.3) is 0 Å². The summed E-state index contributed by atoms with van der Waals surface area (Å²) in [5.41, 5.74) is 2.10. The lowest BCUT2D eigenvalue weighted by molar-refractivity contribution is -0.121. The second kappa shape index (κ2) is 12.1. The average Bonchev–Trinajstić information content (AvgIpc) is 3.00. The average molecular weight is 445 g/mol. The Labute approximate surface area is 192 Å². The number of carbonyl (C=O) groups excluding carboxylic acids is 2. The first kappa shape index (κ1) is 24.4. The van der Waals surface area contributed by atoms with Gasteiger partial charge in [-0.05, 0) is 76.7 Å². The van der Waals surface area contributed by atoms with E-state index in [1.54, 1.807) is 4.90 Å². The Morgan fingerprint density at radius 1 is 1.19 bits per heavy atom. The topological polar surface area (TPSA) is 73.9 Å². The number of carbonyl (C=O) groups is 2. The van der Waals surface area contributed by atoms with Crippen molar-refractivity contribution >= 4 is 11.9 Å². The SMILES string of the molecule is CCN1CCC(CCNC(=O)CCc2ccc3c(c2)CN(C(=O)NC(C)C)CCO3)CC1. The number of hydrogen-bond acceptors (Lipinski definition) is 4. The third-order valence-corrected chi connectivity index (χ3v) is 6.47. The number of aryl methyl sites for hydroxylation is 1. The lowest BCUT2D eigenvalue weighted by Gasteiger charge is -2.31. The van der Waals surface area contributed by atoms with Crippen LogP contribution in [0.2, 0.25) is 0 Å². The first-order chi connectivity index (χ1) is 15.4. The molecule has 0 aromatic heterocycles. The fourth-order valence-electron chi connectivity index (χ4n) is 4.47. The molecule has 3 amide bonds. The Morgan fingerprint density at radius 3 is 2.69 bits per heavy atom. The Morgan fingerprint density at radius 2 is 1.97 bits per heavy atom. The van der Waals surface area contributed by atoms with Crippen LogP contribution in [-0.2, 0) is 17.8 Å². The van der Waals surface area contributed by atoms with Crippen molar-refractivity contribution < 1.29 is 14.3 Å². The highest BCUT2D eigenvalue weighted by molar-refractivity contribution is 5.76. The zero-order valence-corrected chi connectivity index (χ0v) is 20.0. The third-order valence-electron chi connectivity index (χ3n) is 6.47. The number of fused-ring (bicyclic) bond motifs is 1. The Hall–Kier alpha value is -2.28. The van der Waals surface area contributed by atoms with E-state index in [-0.39, 0.29) is 18.0 Å². The standard InChI is InChI=1S/C25H40N4O3/c1-4-28-13-10-20(11-14-28)9-12-26-24(30)8-6-21-5-7-23-22(17-21)18-29(15-16-32-23)25(31)27-19(2)3/h5,7,17,19-20H,4,6,8-16,18H2,1-3H3,(H,26,30)(H,27,31). The Kier molecular flexibility index (Phi) is 9.21. The molecular weight excluding hydrogens is 404 g/mol. The van der Waals surface area contributed by atoms with Gasteiger partial charge in [-0.1, -0.05) is 19.1 Å². The fraction of sp³-hybridized carbons (Fsp3) is 0.680. The molecule has 0 radical (unpaired) electrons. The van der Waals surface area contributed by atoms with Crippen LogP contribution in [0.15, 0.2) is 18.2 Å². The van der Waals surface area contributed by atoms with Crippen LogP contribution in [0, 0.1) is 5.92 Å². The lowest BCUT2D eigenvalue weighted by Crippen LogP contribution is -2.43. The van der Waals surface area contributed by atoms with Gasteiger partial charge in [-0.3, -0.25) is 4.79 Å². The summed E-state index contributed by atoms with van der Waals surface area (Å²) in [7, 11) is 0. The molecule has 7 nitrogen and oxygen atoms in total. The van der Waals surface area contributed by atoms with Crippen molar-refractivity contribution in [3.8, 4) is 5.75 Å². The first-order valence-electron chi connectivity index (χ1n) is 12.2. The van der Waals surface area contributed by atoms with Crippen LogP contribution < -0.4 is 15.4 Å². The van der Waals surface area contributed by atoms with Crippen molar-refractivity contribution in [2.24, 2.45) is 5.92 Å². The van der Waals surface area contributed by atoms with Crippen molar-refractivity contribution in [3.05, 3.63) is 29.3 Å². The maximum atomic E-state index is 12.4. The van der Waals surface area contributed by atoms with Gasteiger partial charge in [-0.2, -0.15) is 0 Å². The number of hydrogen-bond donors (Lipinski definition) is 2. The molecule has 0 bridgehead atoms. The van der Waals surface area contributed by atoms with Crippen LogP contribution in [0.5, 0.6) is 5.75 Å². The molecule has 1 fully saturated rings. The zero-order chi connectivity index (χ0) is 22.9. The predicted molar refractivity (Wildman–Crippen MR) is 127 cm³/mol. The minimum absolute atomic E-state index is 0.0680. The summed E-state index contributed by atoms with van der Waals surface area (Å²) < 4.78 is 5.83. The summed E-state index contributed by atoms with van der Waals surface area (Å²) >= 11 is 0. The summed E-state index contributed by atoms with van der Waals surface area (Å²) in [6.07, 6.45) is 4.73. The van der Waals surface area contributed by atoms with Gasteiger partial charge in [0.25, 0.3) is 0 Å². The number of amides is 3. The molecule has 2 aliphatic rings. The van der Waals surface area contributed by atoms with E-state index in [4.69, 9.17) is 4.74 Å². The van der Waals surface area contributed by atoms with Crippen molar-refractivity contribution in [2.45, 2.75) is 65.5 Å². The zero-order valence-electron chi connectivity index (χ0n) is 20.0. The summed E-state index contributed by atoms with van der Waals surface area (Å²) in [5, 5.41) is 6.05. The minimum atomic E-state index is -0.0680. The Bertz CT molecular complexity index is 760. The molecule has 32 heavy (non-hydrogen) atoms. The van der Waals surface area contributed by atoms with Crippen LogP contribution in [-0.4, -0.2) is 67.1 Å². The van der Waals surface area contributed by atoms with Crippen molar-refractivity contribution in [2.75, 3.05) is 39.3 Å². The molecule has 0 atom stereocenters. The monoisotopic (exact) mass is 444 g/mol. The van der Waals surface area contributed by atoms with Gasteiger partial charge < -0.3 is 25.2 Å². The first-order valence-corrected chi connectivity index (χ1v) is 12.2. The normalized spacial score (nSPS) is 17.4. The van der Waals surface area contributed by atoms with E-state index in [1.807, 2.05) is 26.0 Å². The fourth-order valence-corrected chi connectivity index (χ4v) is 4.47. The van der Waals surface area contributed by atoms with Gasteiger partial charge in [-0.15, -0.1) is 0 Å². The molecule has 178 valence electrons. The highest BCUT2D eigenvalue weighted by Gasteiger charge is 2.21. The van der Waals surface area contributed by atoms with E-state index in [2.05, 4.69) is 28.5 Å². The van der Waals surface area contributed by atoms with Crippen LogP contribution in [0.4, 0.5) is 4.79 Å². The molecule has 2 N–H and O–H groups in total. The van der Waals surface area contributed by atoms with Crippen LogP contribution in [0.1, 0.15) is 57.6 Å². The van der Waals surface area contributed by atoms with E-state index >= 15 is 0 Å². The van der Waals surface area contributed by atoms with Gasteiger partial charge in [0.15, 0.2) is 0 Å². The minimum Gasteiger partial charge on any atom is -0.491 e. The van der Waals surface area contributed by atoms with Crippen LogP contribution >= 0.6 is 0 Å². The molecule has 0 unspecified atom stereocenters. The number of rotatable bonds is 8. The molecule has 7 heteroatoms. The second-order valence-corrected chi connectivity index (χ2v) is 9.33. The molecule has 1 aromatic rings. The molecular formula is C25H40N4O3. The molecule has 2 aliphatic heterocycles. The number of urea groups is 1. The highest BCUT2D eigenvalue weighted by atomic mass is 16.5. The molecule has 3 rings (SSSR count). The van der Waals surface area contributed by atoms with E-state index in [0.29, 0.717) is 32.5 Å². The van der Waals surface area contributed by atoms with Crippen molar-refractivity contribution in [1.29, 1.82) is 0 Å². The molecule has 0 saturated carbocycles. The lowest BCUT2D eigenvalue weighted by atomic mass is 9.93. The van der Waals surface area contributed by atoms with Gasteiger partial charge in [0.1, 0.15) is 12.4 Å². The van der Waals surface area contributed by atoms with Gasteiger partial charge in [-0.25, -0.2) is 4.79 Å². The van der Waals surface area contributed by atoms with E-state index in [1.165, 1.54) is 25.9 Å². The number of piperidine rings is 1. The summed E-state index contributed by atoms with van der Waals surface area (Å²) in [4.78, 5) is 29.0. The molecule has 1 saturated heterocycles. The summed E-state index contributed by atoms with van der Waals surface area (Å²) in [5.74, 6) is 1.67. The maximum absolute atomic E-state index is 12.4. The molecule has 1 aromatic carbocycles. The number of nitrogens with zero attached hydrogens (tertiary/aromatic N) is 2. The number of benzene rings is 1. The Balaban J connectivity index is 1.43. The van der Waals surface area contributed by atoms with E-state index < -0.39 is 0 Å². The predicted octanol–water partition coefficient (Wildman–Crippen LogP) is 3.17.